The van der Waals surface area contributed by atoms with Crippen LogP contribution < -0.4 is 0 Å². The minimum absolute atomic E-state index is 0.101. The maximum absolute atomic E-state index is 12.9. The van der Waals surface area contributed by atoms with Crippen molar-refractivity contribution in [3.63, 3.8) is 0 Å². The molecule has 0 aromatic heterocycles. The second-order valence-corrected chi connectivity index (χ2v) is 14.3. The molecule has 5 heteroatoms. The lowest BCUT2D eigenvalue weighted by atomic mass is 9.47. The van der Waals surface area contributed by atoms with Gasteiger partial charge < -0.3 is 9.64 Å². The second kappa shape index (κ2) is 12.7. The number of carbonyl (C=O) groups excluding carboxylic acids is 1. The first-order valence-electron chi connectivity index (χ1n) is 16.0. The molecule has 4 aliphatic carbocycles. The Morgan fingerprint density at radius 2 is 1.74 bits per heavy atom. The van der Waals surface area contributed by atoms with Crippen molar-refractivity contribution in [1.82, 2.24) is 4.90 Å². The molecule has 4 rings (SSSR count). The van der Waals surface area contributed by atoms with E-state index in [-0.39, 0.29) is 30.5 Å². The Kier molecular flexibility index (Phi) is 9.73. The van der Waals surface area contributed by atoms with Crippen molar-refractivity contribution < 1.29 is 9.53 Å². The number of carbonyl (C=O) groups is 1. The molecule has 0 aliphatic heterocycles. The number of hydrogen-bond donors (Lipinski definition) is 0. The lowest BCUT2D eigenvalue weighted by Gasteiger charge is -2.58. The van der Waals surface area contributed by atoms with Gasteiger partial charge in [0.2, 0.25) is 0 Å². The van der Waals surface area contributed by atoms with Crippen LogP contribution in [-0.2, 0) is 4.74 Å². The zero-order chi connectivity index (χ0) is 28.2. The van der Waals surface area contributed by atoms with Crippen LogP contribution >= 0.6 is 0 Å². The summed E-state index contributed by atoms with van der Waals surface area (Å²) in [5, 5.41) is 17.9. The quantitative estimate of drug-likeness (QED) is 0.262. The van der Waals surface area contributed by atoms with Gasteiger partial charge in [0.05, 0.1) is 25.0 Å². The maximum atomic E-state index is 12.9. The molecule has 39 heavy (non-hydrogen) atoms. The van der Waals surface area contributed by atoms with E-state index in [0.29, 0.717) is 18.5 Å². The van der Waals surface area contributed by atoms with Crippen LogP contribution in [0.1, 0.15) is 118 Å². The Morgan fingerprint density at radius 1 is 1.03 bits per heavy atom. The minimum Gasteiger partial charge on any atom is -0.446 e. The molecule has 0 N–H and O–H groups in total. The van der Waals surface area contributed by atoms with Crippen LogP contribution in [0, 0.1) is 69.0 Å². The molecule has 0 bridgehead atoms. The summed E-state index contributed by atoms with van der Waals surface area (Å²) in [6.07, 6.45) is 16.3. The first-order chi connectivity index (χ1) is 18.6. The van der Waals surface area contributed by atoms with Crippen LogP contribution in [0.5, 0.6) is 0 Å². The molecule has 3 saturated carbocycles. The highest BCUT2D eigenvalue weighted by Gasteiger charge is 2.59. The molecule has 0 radical (unpaired) electrons. The van der Waals surface area contributed by atoms with E-state index in [1.54, 1.807) is 0 Å². The Morgan fingerprint density at radius 3 is 2.41 bits per heavy atom. The van der Waals surface area contributed by atoms with Crippen LogP contribution in [0.3, 0.4) is 0 Å². The van der Waals surface area contributed by atoms with E-state index in [9.17, 15) is 4.79 Å². The molecule has 0 heterocycles. The van der Waals surface area contributed by atoms with Crippen molar-refractivity contribution in [2.24, 2.45) is 46.3 Å². The van der Waals surface area contributed by atoms with Crippen molar-refractivity contribution in [2.75, 3.05) is 13.1 Å². The van der Waals surface area contributed by atoms with Crippen LogP contribution in [0.25, 0.3) is 0 Å². The Bertz CT molecular complexity index is 958. The SMILES string of the molecule is CC(C)CCC[C@H](C)[C@H]1CC[C@H]2[C@H]3CC=C4C[C@@H](OC(=O)N(CCC#N)CCC#N)CC[C@]4(C)[C@@H]3CC[C@]12C. The summed E-state index contributed by atoms with van der Waals surface area (Å²) < 4.78 is 5.98. The van der Waals surface area contributed by atoms with Crippen molar-refractivity contribution in [1.29, 1.82) is 10.5 Å². The number of fused-ring (bicyclic) bond motifs is 5. The van der Waals surface area contributed by atoms with Gasteiger partial charge in [-0.2, -0.15) is 10.5 Å². The average Bonchev–Trinajstić information content (AvgIpc) is 3.26. The molecule has 216 valence electrons. The van der Waals surface area contributed by atoms with Crippen LogP contribution in [-0.4, -0.2) is 30.2 Å². The van der Waals surface area contributed by atoms with Crippen molar-refractivity contribution in [3.8, 4) is 12.1 Å². The fourth-order valence-electron chi connectivity index (χ4n) is 9.63. The summed E-state index contributed by atoms with van der Waals surface area (Å²) in [5.41, 5.74) is 2.26. The average molecular weight is 536 g/mol. The highest BCUT2D eigenvalue weighted by Crippen LogP contribution is 2.67. The van der Waals surface area contributed by atoms with Crippen molar-refractivity contribution >= 4 is 6.09 Å². The molecule has 0 spiro atoms. The van der Waals surface area contributed by atoms with Gasteiger partial charge in [-0.05, 0) is 91.3 Å². The predicted molar refractivity (Wildman–Crippen MR) is 155 cm³/mol. The van der Waals surface area contributed by atoms with Gasteiger partial charge in [-0.3, -0.25) is 0 Å². The normalized spacial score (nSPS) is 36.0. The molecule has 4 aliphatic rings. The first kappa shape index (κ1) is 30.0. The molecule has 0 unspecified atom stereocenters. The van der Waals surface area contributed by atoms with E-state index in [4.69, 9.17) is 15.3 Å². The predicted octanol–water partition coefficient (Wildman–Crippen LogP) is 8.66. The monoisotopic (exact) mass is 535 g/mol. The smallest absolute Gasteiger partial charge is 0.410 e. The fraction of sp³-hybridized carbons (Fsp3) is 0.853. The molecule has 0 saturated heterocycles. The van der Waals surface area contributed by atoms with Crippen LogP contribution in [0.4, 0.5) is 4.79 Å². The summed E-state index contributed by atoms with van der Waals surface area (Å²) in [6, 6.07) is 4.20. The number of allylic oxidation sites excluding steroid dienone is 1. The summed E-state index contributed by atoms with van der Waals surface area (Å²) in [7, 11) is 0. The van der Waals surface area contributed by atoms with Gasteiger partial charge in [-0.1, -0.05) is 65.5 Å². The third-order valence-electron chi connectivity index (χ3n) is 11.8. The van der Waals surface area contributed by atoms with Gasteiger partial charge in [-0.15, -0.1) is 0 Å². The van der Waals surface area contributed by atoms with Gasteiger partial charge in [0.25, 0.3) is 0 Å². The van der Waals surface area contributed by atoms with Gasteiger partial charge in [0.1, 0.15) is 6.10 Å². The molecule has 0 aromatic carbocycles. The third kappa shape index (κ3) is 6.19. The minimum atomic E-state index is -0.365. The van der Waals surface area contributed by atoms with E-state index in [1.165, 1.54) is 61.8 Å². The van der Waals surface area contributed by atoms with Gasteiger partial charge >= 0.3 is 6.09 Å². The van der Waals surface area contributed by atoms with E-state index >= 15 is 0 Å². The summed E-state index contributed by atoms with van der Waals surface area (Å²) in [4.78, 5) is 14.4. The van der Waals surface area contributed by atoms with Crippen molar-refractivity contribution in [3.05, 3.63) is 11.6 Å². The van der Waals surface area contributed by atoms with Crippen LogP contribution in [0.2, 0.25) is 0 Å². The Labute approximate surface area is 238 Å². The first-order valence-corrected chi connectivity index (χ1v) is 16.0. The second-order valence-electron chi connectivity index (χ2n) is 14.3. The number of nitriles is 2. The highest BCUT2D eigenvalue weighted by atomic mass is 16.6. The zero-order valence-electron chi connectivity index (χ0n) is 25.4. The van der Waals surface area contributed by atoms with Gasteiger partial charge in [0.15, 0.2) is 0 Å². The highest BCUT2D eigenvalue weighted by molar-refractivity contribution is 5.68. The molecular formula is C34H53N3O2. The van der Waals surface area contributed by atoms with E-state index in [0.717, 1.165) is 54.8 Å². The number of ether oxygens (including phenoxy) is 1. The molecule has 0 aromatic rings. The molecular weight excluding hydrogens is 482 g/mol. The number of nitrogens with zero attached hydrogens (tertiary/aromatic N) is 3. The summed E-state index contributed by atoms with van der Waals surface area (Å²) in [5.74, 6) is 4.95. The van der Waals surface area contributed by atoms with E-state index in [1.807, 2.05) is 0 Å². The van der Waals surface area contributed by atoms with E-state index < -0.39 is 0 Å². The number of hydrogen-bond acceptors (Lipinski definition) is 4. The Hall–Kier alpha value is -2.01. The van der Waals surface area contributed by atoms with E-state index in [2.05, 4.69) is 52.8 Å². The van der Waals surface area contributed by atoms with Gasteiger partial charge in [0, 0.05) is 19.5 Å². The molecule has 8 atom stereocenters. The standard InChI is InChI=1S/C34H53N3O2/c1-24(2)9-6-10-25(3)29-13-14-30-28-12-11-26-23-27(39-32(38)37(21-7-19-35)22-8-20-36)15-17-33(26,4)31(28)16-18-34(29,30)5/h11,24-25,27-31H,6-10,12-18,21-23H2,1-5H3/t25-,27-,28+,29+,30-,31+,33-,34+/m0/s1. The lowest BCUT2D eigenvalue weighted by Crippen LogP contribution is -2.51. The zero-order valence-corrected chi connectivity index (χ0v) is 25.4. The molecule has 1 amide bonds. The fourth-order valence-corrected chi connectivity index (χ4v) is 9.63. The Balaban J connectivity index is 1.40. The summed E-state index contributed by atoms with van der Waals surface area (Å²) >= 11 is 0. The summed E-state index contributed by atoms with van der Waals surface area (Å²) in [6.45, 7) is 13.1. The number of rotatable bonds is 10. The van der Waals surface area contributed by atoms with Crippen molar-refractivity contribution in [2.45, 2.75) is 124 Å². The lowest BCUT2D eigenvalue weighted by molar-refractivity contribution is -0.0593. The topological polar surface area (TPSA) is 77.1 Å². The van der Waals surface area contributed by atoms with Crippen LogP contribution in [0.15, 0.2) is 11.6 Å². The van der Waals surface area contributed by atoms with Gasteiger partial charge in [-0.25, -0.2) is 4.79 Å². The molecule has 3 fully saturated rings. The largest absolute Gasteiger partial charge is 0.446 e. The number of amides is 1. The maximum Gasteiger partial charge on any atom is 0.410 e. The third-order valence-corrected chi connectivity index (χ3v) is 11.8. The molecule has 5 nitrogen and oxygen atoms in total.